The van der Waals surface area contributed by atoms with Gasteiger partial charge >= 0.3 is 7.12 Å². The standard InChI is InChI=1S/C11H16BNO2S/c1-11(2)6-14-12(15-7-11)9-5-16-10(13-9)8-3-4-8/h5,8H,3-4,6-7H2,1-2H3. The number of hydrogen-bond donors (Lipinski definition) is 0. The van der Waals surface area contributed by atoms with Crippen molar-refractivity contribution < 1.29 is 9.31 Å². The van der Waals surface area contributed by atoms with Crippen LogP contribution in [0.25, 0.3) is 0 Å². The Morgan fingerprint density at radius 1 is 1.38 bits per heavy atom. The molecule has 1 saturated carbocycles. The molecule has 1 aromatic heterocycles. The lowest BCUT2D eigenvalue weighted by Crippen LogP contribution is -2.47. The molecule has 0 aromatic carbocycles. The Labute approximate surface area is 100 Å². The van der Waals surface area contributed by atoms with E-state index in [1.165, 1.54) is 17.8 Å². The minimum Gasteiger partial charge on any atom is -0.406 e. The second kappa shape index (κ2) is 3.82. The number of aromatic nitrogens is 1. The van der Waals surface area contributed by atoms with Crippen LogP contribution in [-0.2, 0) is 9.31 Å². The Kier molecular flexibility index (Phi) is 2.57. The molecule has 86 valence electrons. The van der Waals surface area contributed by atoms with Gasteiger partial charge in [-0.3, -0.25) is 0 Å². The smallest absolute Gasteiger partial charge is 0.406 e. The van der Waals surface area contributed by atoms with E-state index in [0.29, 0.717) is 0 Å². The minimum absolute atomic E-state index is 0.131. The van der Waals surface area contributed by atoms with Crippen LogP contribution in [0, 0.1) is 5.41 Å². The largest absolute Gasteiger partial charge is 0.514 e. The average Bonchev–Trinajstić information content (AvgIpc) is 2.98. The Morgan fingerprint density at radius 3 is 2.69 bits per heavy atom. The van der Waals surface area contributed by atoms with Crippen LogP contribution in [-0.4, -0.2) is 25.3 Å². The first-order valence-corrected chi connectivity index (χ1v) is 6.71. The molecule has 0 N–H and O–H groups in total. The van der Waals surface area contributed by atoms with Crippen LogP contribution in [0.2, 0.25) is 0 Å². The molecular weight excluding hydrogens is 221 g/mol. The van der Waals surface area contributed by atoms with E-state index < -0.39 is 0 Å². The number of rotatable bonds is 2. The zero-order valence-corrected chi connectivity index (χ0v) is 10.5. The highest BCUT2D eigenvalue weighted by molar-refractivity contribution is 7.10. The molecule has 0 bridgehead atoms. The second-order valence-corrected chi connectivity index (χ2v) is 6.39. The van der Waals surface area contributed by atoms with E-state index in [9.17, 15) is 0 Å². The summed E-state index contributed by atoms with van der Waals surface area (Å²) in [5, 5.41) is 3.34. The first-order valence-electron chi connectivity index (χ1n) is 5.83. The van der Waals surface area contributed by atoms with Gasteiger partial charge in [0.25, 0.3) is 0 Å². The molecule has 16 heavy (non-hydrogen) atoms. The molecule has 1 aromatic rings. The van der Waals surface area contributed by atoms with Crippen molar-refractivity contribution in [2.75, 3.05) is 13.2 Å². The summed E-state index contributed by atoms with van der Waals surface area (Å²) in [5.74, 6) is 0.721. The molecule has 2 heterocycles. The lowest BCUT2D eigenvalue weighted by Gasteiger charge is -2.32. The van der Waals surface area contributed by atoms with E-state index in [4.69, 9.17) is 9.31 Å². The van der Waals surface area contributed by atoms with Crippen molar-refractivity contribution in [2.45, 2.75) is 32.6 Å². The molecule has 0 amide bonds. The van der Waals surface area contributed by atoms with Gasteiger partial charge in [-0.05, 0) is 12.8 Å². The molecule has 2 aliphatic rings. The third-order valence-corrected chi connectivity index (χ3v) is 3.98. The van der Waals surface area contributed by atoms with Crippen molar-refractivity contribution in [3.8, 4) is 0 Å². The molecule has 1 saturated heterocycles. The molecule has 1 aliphatic heterocycles. The highest BCUT2D eigenvalue weighted by atomic mass is 32.1. The third-order valence-electron chi connectivity index (χ3n) is 2.96. The molecule has 0 radical (unpaired) electrons. The third kappa shape index (κ3) is 2.17. The van der Waals surface area contributed by atoms with Gasteiger partial charge in [-0.1, -0.05) is 13.8 Å². The Hall–Kier alpha value is -0.385. The quantitative estimate of drug-likeness (QED) is 0.735. The van der Waals surface area contributed by atoms with Crippen molar-refractivity contribution in [1.82, 2.24) is 4.98 Å². The fraction of sp³-hybridized carbons (Fsp3) is 0.727. The van der Waals surface area contributed by atoms with Crippen LogP contribution in [0.1, 0.15) is 37.6 Å². The summed E-state index contributed by atoms with van der Waals surface area (Å²) in [6.07, 6.45) is 2.60. The van der Waals surface area contributed by atoms with E-state index in [0.717, 1.165) is 24.7 Å². The van der Waals surface area contributed by atoms with Crippen molar-refractivity contribution in [1.29, 1.82) is 0 Å². The average molecular weight is 237 g/mol. The van der Waals surface area contributed by atoms with E-state index >= 15 is 0 Å². The zero-order chi connectivity index (χ0) is 11.2. The van der Waals surface area contributed by atoms with Gasteiger partial charge in [0, 0.05) is 29.9 Å². The fourth-order valence-corrected chi connectivity index (χ4v) is 2.78. The molecule has 3 nitrogen and oxygen atoms in total. The highest BCUT2D eigenvalue weighted by Crippen LogP contribution is 2.40. The van der Waals surface area contributed by atoms with E-state index in [1.54, 1.807) is 11.3 Å². The van der Waals surface area contributed by atoms with E-state index in [-0.39, 0.29) is 12.5 Å². The van der Waals surface area contributed by atoms with Gasteiger partial charge in [0.15, 0.2) is 0 Å². The number of nitrogens with zero attached hydrogens (tertiary/aromatic N) is 1. The van der Waals surface area contributed by atoms with Gasteiger partial charge in [-0.2, -0.15) is 0 Å². The molecular formula is C11H16BNO2S. The van der Waals surface area contributed by atoms with Crippen LogP contribution in [0.3, 0.4) is 0 Å². The maximum Gasteiger partial charge on any atom is 0.514 e. The summed E-state index contributed by atoms with van der Waals surface area (Å²) < 4.78 is 11.4. The van der Waals surface area contributed by atoms with Crippen molar-refractivity contribution in [3.05, 3.63) is 10.4 Å². The highest BCUT2D eigenvalue weighted by Gasteiger charge is 2.36. The normalized spacial score (nSPS) is 24.8. The fourth-order valence-electron chi connectivity index (χ4n) is 1.79. The molecule has 5 heteroatoms. The Morgan fingerprint density at radius 2 is 2.06 bits per heavy atom. The van der Waals surface area contributed by atoms with Crippen LogP contribution < -0.4 is 5.59 Å². The molecule has 3 rings (SSSR count). The van der Waals surface area contributed by atoms with E-state index in [1.807, 2.05) is 0 Å². The Bertz CT molecular complexity index is 379. The molecule has 0 atom stereocenters. The van der Waals surface area contributed by atoms with Gasteiger partial charge in [-0.25, -0.2) is 4.98 Å². The van der Waals surface area contributed by atoms with Crippen LogP contribution in [0.4, 0.5) is 0 Å². The van der Waals surface area contributed by atoms with Gasteiger partial charge in [0.1, 0.15) is 0 Å². The molecule has 1 aliphatic carbocycles. The van der Waals surface area contributed by atoms with Gasteiger partial charge in [-0.15, -0.1) is 11.3 Å². The van der Waals surface area contributed by atoms with Crippen molar-refractivity contribution in [3.63, 3.8) is 0 Å². The van der Waals surface area contributed by atoms with Crippen molar-refractivity contribution >= 4 is 24.0 Å². The summed E-state index contributed by atoms with van der Waals surface area (Å²) in [5.41, 5.74) is 1.09. The number of thiazole rings is 1. The van der Waals surface area contributed by atoms with Gasteiger partial charge in [0.2, 0.25) is 0 Å². The second-order valence-electron chi connectivity index (χ2n) is 5.50. The lowest BCUT2D eigenvalue weighted by molar-refractivity contribution is 0.0340. The predicted molar refractivity (Wildman–Crippen MR) is 65.2 cm³/mol. The molecule has 0 spiro atoms. The number of hydrogen-bond acceptors (Lipinski definition) is 4. The van der Waals surface area contributed by atoms with Crippen LogP contribution in [0.5, 0.6) is 0 Å². The lowest BCUT2D eigenvalue weighted by atomic mass is 9.81. The first kappa shape index (κ1) is 10.7. The molecule has 2 fully saturated rings. The predicted octanol–water partition coefficient (Wildman–Crippen LogP) is 1.79. The van der Waals surface area contributed by atoms with Crippen LogP contribution in [0.15, 0.2) is 5.38 Å². The molecule has 0 unspecified atom stereocenters. The maximum absolute atomic E-state index is 5.71. The summed E-state index contributed by atoms with van der Waals surface area (Å²) in [7, 11) is -0.239. The maximum atomic E-state index is 5.71. The minimum atomic E-state index is -0.239. The monoisotopic (exact) mass is 237 g/mol. The zero-order valence-electron chi connectivity index (χ0n) is 9.73. The summed E-state index contributed by atoms with van der Waals surface area (Å²) in [4.78, 5) is 4.61. The van der Waals surface area contributed by atoms with Gasteiger partial charge < -0.3 is 9.31 Å². The van der Waals surface area contributed by atoms with Crippen molar-refractivity contribution in [2.24, 2.45) is 5.41 Å². The SMILES string of the molecule is CC1(C)COB(c2csc(C3CC3)n2)OC1. The summed E-state index contributed by atoms with van der Waals surface area (Å²) in [6.45, 7) is 5.79. The Balaban J connectivity index is 1.68. The van der Waals surface area contributed by atoms with Gasteiger partial charge in [0.05, 0.1) is 10.6 Å². The first-order chi connectivity index (χ1) is 7.64. The topological polar surface area (TPSA) is 31.4 Å². The summed E-state index contributed by atoms with van der Waals surface area (Å²) >= 11 is 1.74. The van der Waals surface area contributed by atoms with Crippen LogP contribution >= 0.6 is 11.3 Å². The summed E-state index contributed by atoms with van der Waals surface area (Å²) in [6, 6.07) is 0. The van der Waals surface area contributed by atoms with E-state index in [2.05, 4.69) is 24.2 Å².